The van der Waals surface area contributed by atoms with Crippen molar-refractivity contribution in [2.45, 2.75) is 25.5 Å². The third-order valence-corrected chi connectivity index (χ3v) is 1.88. The number of carbonyl (C=O) groups is 1. The zero-order chi connectivity index (χ0) is 11.4. The molecule has 0 spiro atoms. The molecule has 0 bridgehead atoms. The lowest BCUT2D eigenvalue weighted by Gasteiger charge is -2.11. The van der Waals surface area contributed by atoms with E-state index in [9.17, 15) is 22.2 Å². The quantitative estimate of drug-likeness (QED) is 0.684. The standard InChI is InChI=1S/C6H9F3O4S/c1-3-12-5(10)4(2)13-14(11)6(7,8)9/h4H,3H2,1-2H3. The Morgan fingerprint density at radius 3 is 2.36 bits per heavy atom. The molecule has 0 aliphatic rings. The van der Waals surface area contributed by atoms with Gasteiger partial charge in [0.15, 0.2) is 6.10 Å². The molecule has 0 saturated heterocycles. The van der Waals surface area contributed by atoms with Crippen LogP contribution >= 0.6 is 0 Å². The summed E-state index contributed by atoms with van der Waals surface area (Å²) in [6.45, 7) is 2.54. The van der Waals surface area contributed by atoms with Crippen molar-refractivity contribution in [3.63, 3.8) is 0 Å². The summed E-state index contributed by atoms with van der Waals surface area (Å²) in [4.78, 5) is 10.8. The maximum absolute atomic E-state index is 11.7. The van der Waals surface area contributed by atoms with E-state index in [2.05, 4.69) is 8.92 Å². The number of ether oxygens (including phenoxy) is 1. The molecule has 0 saturated carbocycles. The first-order chi connectivity index (χ1) is 6.29. The second-order valence-corrected chi connectivity index (χ2v) is 3.30. The molecule has 0 amide bonds. The Morgan fingerprint density at radius 2 is 2.00 bits per heavy atom. The second kappa shape index (κ2) is 5.30. The van der Waals surface area contributed by atoms with Crippen LogP contribution in [0.25, 0.3) is 0 Å². The first kappa shape index (κ1) is 13.4. The molecule has 2 atom stereocenters. The Labute approximate surface area is 81.0 Å². The highest BCUT2D eigenvalue weighted by Gasteiger charge is 2.40. The summed E-state index contributed by atoms with van der Waals surface area (Å²) in [6, 6.07) is 0. The number of hydrogen-bond donors (Lipinski definition) is 0. The zero-order valence-electron chi connectivity index (χ0n) is 7.46. The van der Waals surface area contributed by atoms with Gasteiger partial charge in [-0.3, -0.25) is 4.18 Å². The highest BCUT2D eigenvalue weighted by atomic mass is 32.2. The van der Waals surface area contributed by atoms with Crippen LogP contribution in [-0.4, -0.2) is 28.4 Å². The van der Waals surface area contributed by atoms with Crippen LogP contribution in [0.1, 0.15) is 13.8 Å². The van der Waals surface area contributed by atoms with E-state index in [0.29, 0.717) is 0 Å². The summed E-state index contributed by atoms with van der Waals surface area (Å²) in [5.74, 6) is -0.981. The Balaban J connectivity index is 4.13. The fraction of sp³-hybridized carbons (Fsp3) is 0.833. The van der Waals surface area contributed by atoms with Gasteiger partial charge in [0.05, 0.1) is 6.61 Å². The van der Waals surface area contributed by atoms with Crippen LogP contribution in [-0.2, 0) is 24.8 Å². The maximum atomic E-state index is 11.7. The largest absolute Gasteiger partial charge is 0.497 e. The molecule has 4 nitrogen and oxygen atoms in total. The van der Waals surface area contributed by atoms with Crippen molar-refractivity contribution in [1.29, 1.82) is 0 Å². The van der Waals surface area contributed by atoms with Gasteiger partial charge >= 0.3 is 11.5 Å². The van der Waals surface area contributed by atoms with Gasteiger partial charge in [0.2, 0.25) is 0 Å². The van der Waals surface area contributed by atoms with Gasteiger partial charge in [-0.1, -0.05) is 0 Å². The number of hydrogen-bond acceptors (Lipinski definition) is 4. The van der Waals surface area contributed by atoms with E-state index in [0.717, 1.165) is 6.92 Å². The lowest BCUT2D eigenvalue weighted by atomic mass is 10.4. The molecule has 84 valence electrons. The van der Waals surface area contributed by atoms with E-state index in [1.165, 1.54) is 6.92 Å². The lowest BCUT2D eigenvalue weighted by molar-refractivity contribution is -0.150. The summed E-state index contributed by atoms with van der Waals surface area (Å²) in [6.07, 6.45) is -1.50. The van der Waals surface area contributed by atoms with Gasteiger partial charge < -0.3 is 4.74 Å². The monoisotopic (exact) mass is 234 g/mol. The van der Waals surface area contributed by atoms with Gasteiger partial charge in [-0.15, -0.1) is 0 Å². The molecular weight excluding hydrogens is 225 g/mol. The van der Waals surface area contributed by atoms with Gasteiger partial charge in [-0.2, -0.15) is 13.2 Å². The van der Waals surface area contributed by atoms with Crippen LogP contribution < -0.4 is 0 Å². The van der Waals surface area contributed by atoms with Crippen LogP contribution in [0.15, 0.2) is 0 Å². The van der Waals surface area contributed by atoms with Crippen LogP contribution in [0.4, 0.5) is 13.2 Å². The van der Waals surface area contributed by atoms with Crippen molar-refractivity contribution in [3.05, 3.63) is 0 Å². The first-order valence-electron chi connectivity index (χ1n) is 3.61. The van der Waals surface area contributed by atoms with Crippen LogP contribution in [0, 0.1) is 0 Å². The van der Waals surface area contributed by atoms with E-state index in [4.69, 9.17) is 0 Å². The molecule has 14 heavy (non-hydrogen) atoms. The molecule has 8 heteroatoms. The number of esters is 1. The molecule has 2 unspecified atom stereocenters. The van der Waals surface area contributed by atoms with Crippen molar-refractivity contribution in [3.8, 4) is 0 Å². The van der Waals surface area contributed by atoms with Crippen molar-refractivity contribution >= 4 is 17.0 Å². The van der Waals surface area contributed by atoms with E-state index in [1.807, 2.05) is 0 Å². The minimum atomic E-state index is -4.99. The lowest BCUT2D eigenvalue weighted by Crippen LogP contribution is -2.29. The SMILES string of the molecule is CCOC(=O)C(C)OS(=O)C(F)(F)F. The molecule has 0 N–H and O–H groups in total. The second-order valence-electron chi connectivity index (χ2n) is 2.17. The van der Waals surface area contributed by atoms with E-state index in [-0.39, 0.29) is 6.61 Å². The molecule has 0 radical (unpaired) electrons. The first-order valence-corrected chi connectivity index (χ1v) is 4.69. The fourth-order valence-corrected chi connectivity index (χ4v) is 0.934. The van der Waals surface area contributed by atoms with Crippen LogP contribution in [0.2, 0.25) is 0 Å². The minimum Gasteiger partial charge on any atom is -0.464 e. The molecule has 0 aromatic heterocycles. The van der Waals surface area contributed by atoms with Crippen molar-refractivity contribution in [2.24, 2.45) is 0 Å². The average Bonchev–Trinajstić information content (AvgIpc) is 2.02. The van der Waals surface area contributed by atoms with Crippen molar-refractivity contribution < 1.29 is 31.1 Å². The number of alkyl halides is 3. The average molecular weight is 234 g/mol. The summed E-state index contributed by atoms with van der Waals surface area (Å²) in [5, 5.41) is 0. The highest BCUT2D eigenvalue weighted by molar-refractivity contribution is 7.81. The molecular formula is C6H9F3O4S. The van der Waals surface area contributed by atoms with Gasteiger partial charge in [-0.05, 0) is 13.8 Å². The number of halogens is 3. The normalized spacial score (nSPS) is 16.1. The summed E-state index contributed by atoms with van der Waals surface area (Å²) in [5.41, 5.74) is -4.99. The Hall–Kier alpha value is -0.630. The maximum Gasteiger partial charge on any atom is 0.497 e. The minimum absolute atomic E-state index is 0.0190. The van der Waals surface area contributed by atoms with Gasteiger partial charge in [0.25, 0.3) is 11.1 Å². The summed E-state index contributed by atoms with van der Waals surface area (Å²) >= 11 is -3.49. The highest BCUT2D eigenvalue weighted by Crippen LogP contribution is 2.21. The molecule has 0 aliphatic carbocycles. The summed E-state index contributed by atoms with van der Waals surface area (Å²) < 4.78 is 53.6. The predicted octanol–water partition coefficient (Wildman–Crippen LogP) is 1.14. The third kappa shape index (κ3) is 4.56. The molecule has 0 aliphatic heterocycles. The van der Waals surface area contributed by atoms with E-state index in [1.54, 1.807) is 0 Å². The van der Waals surface area contributed by atoms with Gasteiger partial charge in [-0.25, -0.2) is 9.00 Å². The fourth-order valence-electron chi connectivity index (χ4n) is 0.485. The molecule has 0 heterocycles. The predicted molar refractivity (Wildman–Crippen MR) is 41.4 cm³/mol. The zero-order valence-corrected chi connectivity index (χ0v) is 8.28. The van der Waals surface area contributed by atoms with Gasteiger partial charge in [0, 0.05) is 0 Å². The van der Waals surface area contributed by atoms with Crippen molar-refractivity contribution in [2.75, 3.05) is 6.61 Å². The number of carbonyl (C=O) groups excluding carboxylic acids is 1. The van der Waals surface area contributed by atoms with Crippen LogP contribution in [0.5, 0.6) is 0 Å². The third-order valence-electron chi connectivity index (χ3n) is 1.04. The smallest absolute Gasteiger partial charge is 0.464 e. The number of rotatable bonds is 4. The summed E-state index contributed by atoms with van der Waals surface area (Å²) in [7, 11) is 0. The van der Waals surface area contributed by atoms with Crippen LogP contribution in [0.3, 0.4) is 0 Å². The Kier molecular flexibility index (Phi) is 5.06. The molecule has 0 rings (SSSR count). The van der Waals surface area contributed by atoms with E-state index >= 15 is 0 Å². The Bertz CT molecular complexity index is 228. The molecule has 0 aromatic carbocycles. The Morgan fingerprint density at radius 1 is 1.50 bits per heavy atom. The topological polar surface area (TPSA) is 52.6 Å². The molecule has 0 aromatic rings. The van der Waals surface area contributed by atoms with Gasteiger partial charge in [0.1, 0.15) is 0 Å². The molecule has 0 fully saturated rings. The van der Waals surface area contributed by atoms with E-state index < -0.39 is 28.7 Å². The van der Waals surface area contributed by atoms with Crippen molar-refractivity contribution in [1.82, 2.24) is 0 Å².